The van der Waals surface area contributed by atoms with Crippen LogP contribution in [-0.2, 0) is 6.54 Å². The molecule has 3 N–H and O–H groups in total. The van der Waals surface area contributed by atoms with E-state index in [4.69, 9.17) is 20.2 Å². The third kappa shape index (κ3) is 4.47. The van der Waals surface area contributed by atoms with Crippen molar-refractivity contribution < 1.29 is 14.3 Å². The van der Waals surface area contributed by atoms with E-state index in [2.05, 4.69) is 10.3 Å². The molecule has 1 aliphatic rings. The van der Waals surface area contributed by atoms with Crippen LogP contribution in [0.4, 0.5) is 39.3 Å². The van der Waals surface area contributed by atoms with Crippen molar-refractivity contribution in [2.24, 2.45) is 0 Å². The van der Waals surface area contributed by atoms with Gasteiger partial charge in [0.2, 0.25) is 5.95 Å². The monoisotopic (exact) mass is 496 g/mol. The van der Waals surface area contributed by atoms with Crippen LogP contribution < -0.4 is 30.3 Å². The van der Waals surface area contributed by atoms with Crippen molar-refractivity contribution in [2.75, 3.05) is 35.1 Å². The van der Waals surface area contributed by atoms with Crippen molar-refractivity contribution >= 4 is 40.5 Å². The van der Waals surface area contributed by atoms with Crippen LogP contribution in [0.1, 0.15) is 16.7 Å². The first-order chi connectivity index (χ1) is 17.9. The third-order valence-corrected chi connectivity index (χ3v) is 6.31. The van der Waals surface area contributed by atoms with Gasteiger partial charge in [0.15, 0.2) is 5.82 Å². The number of benzene rings is 3. The number of urea groups is 1. The Morgan fingerprint density at radius 2 is 1.70 bits per heavy atom. The van der Waals surface area contributed by atoms with Crippen LogP contribution in [0.5, 0.6) is 11.5 Å². The Kier molecular flexibility index (Phi) is 6.27. The highest BCUT2D eigenvalue weighted by Gasteiger charge is 2.37. The number of amides is 2. The molecule has 1 aliphatic heterocycles. The van der Waals surface area contributed by atoms with Gasteiger partial charge in [0.25, 0.3) is 0 Å². The van der Waals surface area contributed by atoms with Gasteiger partial charge in [-0.1, -0.05) is 18.2 Å². The zero-order valence-electron chi connectivity index (χ0n) is 21.1. The Labute approximate surface area is 215 Å². The normalized spacial score (nSPS) is 12.8. The maximum Gasteiger partial charge on any atom is 0.335 e. The van der Waals surface area contributed by atoms with E-state index < -0.39 is 0 Å². The minimum absolute atomic E-state index is 0.245. The number of aryl methyl sites for hydroxylation is 2. The lowest BCUT2D eigenvalue weighted by Crippen LogP contribution is -2.46. The number of rotatable bonds is 6. The Bertz CT molecular complexity index is 1450. The van der Waals surface area contributed by atoms with Gasteiger partial charge in [-0.2, -0.15) is 4.98 Å². The molecule has 0 saturated carbocycles. The molecule has 0 fully saturated rings. The van der Waals surface area contributed by atoms with Crippen LogP contribution in [-0.4, -0.2) is 30.2 Å². The smallest absolute Gasteiger partial charge is 0.335 e. The molecule has 2 amide bonds. The summed E-state index contributed by atoms with van der Waals surface area (Å²) < 4.78 is 11.0. The minimum atomic E-state index is -0.245. The standard InChI is InChI=1S/C28H28N6O3/c1-17-6-5-7-18(2)25(17)33-16-19-15-30-27(31-21-10-8-20(29)9-11-21)32-26(19)34(28(33)35)23-13-12-22(36-3)14-24(23)37-4/h5-15H,16,29H2,1-4H3,(H,30,31,32). The van der Waals surface area contributed by atoms with E-state index in [0.717, 1.165) is 28.1 Å². The summed E-state index contributed by atoms with van der Waals surface area (Å²) in [5.41, 5.74) is 11.5. The lowest BCUT2D eigenvalue weighted by atomic mass is 10.1. The summed E-state index contributed by atoms with van der Waals surface area (Å²) in [7, 11) is 3.14. The summed E-state index contributed by atoms with van der Waals surface area (Å²) in [6.07, 6.45) is 1.75. The van der Waals surface area contributed by atoms with E-state index in [0.29, 0.717) is 41.2 Å². The van der Waals surface area contributed by atoms with E-state index in [9.17, 15) is 4.79 Å². The van der Waals surface area contributed by atoms with E-state index in [-0.39, 0.29) is 6.03 Å². The molecule has 0 unspecified atom stereocenters. The topological polar surface area (TPSA) is 106 Å². The molecule has 9 nitrogen and oxygen atoms in total. The number of nitrogens with one attached hydrogen (secondary N) is 1. The predicted octanol–water partition coefficient (Wildman–Crippen LogP) is 5.71. The number of nitrogens with two attached hydrogens (primary N) is 1. The summed E-state index contributed by atoms with van der Waals surface area (Å²) in [5.74, 6) is 1.93. The first-order valence-corrected chi connectivity index (χ1v) is 11.8. The maximum absolute atomic E-state index is 14.2. The predicted molar refractivity (Wildman–Crippen MR) is 145 cm³/mol. The first-order valence-electron chi connectivity index (χ1n) is 11.8. The number of fused-ring (bicyclic) bond motifs is 1. The third-order valence-electron chi connectivity index (χ3n) is 6.31. The number of para-hydroxylation sites is 1. The van der Waals surface area contributed by atoms with Crippen LogP contribution in [0.2, 0.25) is 0 Å². The molecule has 0 aliphatic carbocycles. The Morgan fingerprint density at radius 1 is 0.973 bits per heavy atom. The highest BCUT2D eigenvalue weighted by molar-refractivity contribution is 6.11. The lowest BCUT2D eigenvalue weighted by Gasteiger charge is -2.37. The van der Waals surface area contributed by atoms with Crippen LogP contribution in [0.25, 0.3) is 0 Å². The fraction of sp³-hybridized carbons (Fsp3) is 0.179. The molecular weight excluding hydrogens is 468 g/mol. The number of ether oxygens (including phenoxy) is 2. The zero-order valence-corrected chi connectivity index (χ0v) is 21.1. The summed E-state index contributed by atoms with van der Waals surface area (Å²) in [6, 6.07) is 18.3. The van der Waals surface area contributed by atoms with Gasteiger partial charge < -0.3 is 20.5 Å². The van der Waals surface area contributed by atoms with Crippen LogP contribution in [0.3, 0.4) is 0 Å². The molecule has 3 aromatic carbocycles. The summed E-state index contributed by atoms with van der Waals surface area (Å²) in [4.78, 5) is 26.8. The summed E-state index contributed by atoms with van der Waals surface area (Å²) in [6.45, 7) is 4.33. The minimum Gasteiger partial charge on any atom is -0.497 e. The van der Waals surface area contributed by atoms with Crippen molar-refractivity contribution in [3.05, 3.63) is 83.6 Å². The maximum atomic E-state index is 14.2. The molecular formula is C28H28N6O3. The number of anilines is 6. The molecule has 0 bridgehead atoms. The molecule has 5 rings (SSSR count). The van der Waals surface area contributed by atoms with Crippen molar-refractivity contribution in [3.63, 3.8) is 0 Å². The van der Waals surface area contributed by atoms with Crippen molar-refractivity contribution in [1.82, 2.24) is 9.97 Å². The molecule has 2 heterocycles. The molecule has 1 aromatic heterocycles. The fourth-order valence-corrected chi connectivity index (χ4v) is 4.50. The molecule has 0 atom stereocenters. The Hall–Kier alpha value is -4.79. The van der Waals surface area contributed by atoms with Crippen molar-refractivity contribution in [2.45, 2.75) is 20.4 Å². The van der Waals surface area contributed by atoms with E-state index in [1.807, 2.05) is 44.2 Å². The lowest BCUT2D eigenvalue weighted by molar-refractivity contribution is 0.252. The molecule has 9 heteroatoms. The van der Waals surface area contributed by atoms with Gasteiger partial charge in [0.05, 0.1) is 32.1 Å². The second-order valence-corrected chi connectivity index (χ2v) is 8.77. The second-order valence-electron chi connectivity index (χ2n) is 8.77. The SMILES string of the molecule is COc1ccc(N2C(=O)N(c3c(C)cccc3C)Cc3cnc(Nc4ccc(N)cc4)nc32)c(OC)c1. The van der Waals surface area contributed by atoms with Gasteiger partial charge >= 0.3 is 6.03 Å². The first kappa shape index (κ1) is 23.9. The van der Waals surface area contributed by atoms with Gasteiger partial charge in [-0.3, -0.25) is 4.90 Å². The number of methoxy groups -OCH3 is 2. The summed E-state index contributed by atoms with van der Waals surface area (Å²) >= 11 is 0. The number of nitrogens with zero attached hydrogens (tertiary/aromatic N) is 4. The quantitative estimate of drug-likeness (QED) is 0.329. The van der Waals surface area contributed by atoms with Crippen molar-refractivity contribution in [1.29, 1.82) is 0 Å². The van der Waals surface area contributed by atoms with Crippen LogP contribution in [0.15, 0.2) is 66.9 Å². The molecule has 4 aromatic rings. The molecule has 0 radical (unpaired) electrons. The number of hydrogen-bond acceptors (Lipinski definition) is 7. The number of nitrogen functional groups attached to an aromatic ring is 1. The van der Waals surface area contributed by atoms with Crippen LogP contribution >= 0.6 is 0 Å². The van der Waals surface area contributed by atoms with E-state index in [1.54, 1.807) is 60.5 Å². The molecule has 0 spiro atoms. The zero-order chi connectivity index (χ0) is 26.1. The fourth-order valence-electron chi connectivity index (χ4n) is 4.50. The molecule has 188 valence electrons. The highest BCUT2D eigenvalue weighted by atomic mass is 16.5. The molecule has 0 saturated heterocycles. The number of carbonyl (C=O) groups excluding carboxylic acids is 1. The second kappa shape index (κ2) is 9.69. The van der Waals surface area contributed by atoms with E-state index >= 15 is 0 Å². The van der Waals surface area contributed by atoms with Gasteiger partial charge in [0.1, 0.15) is 11.5 Å². The Balaban J connectivity index is 1.65. The highest BCUT2D eigenvalue weighted by Crippen LogP contribution is 2.42. The van der Waals surface area contributed by atoms with Crippen LogP contribution in [0, 0.1) is 13.8 Å². The number of carbonyl (C=O) groups is 1. The number of aromatic nitrogens is 2. The summed E-state index contributed by atoms with van der Waals surface area (Å²) in [5, 5.41) is 3.20. The number of hydrogen-bond donors (Lipinski definition) is 2. The van der Waals surface area contributed by atoms with Gasteiger partial charge in [-0.05, 0) is 61.4 Å². The van der Waals surface area contributed by atoms with Gasteiger partial charge in [-0.25, -0.2) is 14.7 Å². The van der Waals surface area contributed by atoms with E-state index in [1.165, 1.54) is 0 Å². The Morgan fingerprint density at radius 3 is 2.38 bits per heavy atom. The largest absolute Gasteiger partial charge is 0.497 e. The average Bonchev–Trinajstić information content (AvgIpc) is 2.90. The molecule has 37 heavy (non-hydrogen) atoms. The van der Waals surface area contributed by atoms with Gasteiger partial charge in [0, 0.05) is 29.2 Å². The van der Waals surface area contributed by atoms with Gasteiger partial charge in [-0.15, -0.1) is 0 Å². The average molecular weight is 497 g/mol. The van der Waals surface area contributed by atoms with Crippen molar-refractivity contribution in [3.8, 4) is 11.5 Å².